The molecule has 1 aromatic carbocycles. The van der Waals surface area contributed by atoms with Crippen LogP contribution in [0.15, 0.2) is 17.0 Å². The van der Waals surface area contributed by atoms with Gasteiger partial charge in [-0.1, -0.05) is 0 Å². The average Bonchev–Trinajstić information content (AvgIpc) is 2.70. The summed E-state index contributed by atoms with van der Waals surface area (Å²) in [6, 6.07) is 3.34. The van der Waals surface area contributed by atoms with Crippen LogP contribution in [-0.4, -0.2) is 20.5 Å². The Morgan fingerprint density at radius 1 is 1.14 bits per heavy atom. The van der Waals surface area contributed by atoms with Crippen molar-refractivity contribution in [3.05, 3.63) is 33.8 Å². The molecular formula is C14H18N2O3S2. The van der Waals surface area contributed by atoms with Gasteiger partial charge in [0.25, 0.3) is 10.0 Å². The molecule has 0 aliphatic rings. The number of anilines is 1. The SMILES string of the molecule is COc1cc(C)c(C)cc1S(=O)(=O)Nc1nc(C)c(C)s1. The Kier molecular flexibility index (Phi) is 4.25. The molecule has 7 heteroatoms. The fraction of sp³-hybridized carbons (Fsp3) is 0.357. The lowest BCUT2D eigenvalue weighted by Gasteiger charge is -2.12. The van der Waals surface area contributed by atoms with Crippen molar-refractivity contribution in [3.8, 4) is 5.75 Å². The van der Waals surface area contributed by atoms with Gasteiger partial charge in [-0.05, 0) is 51.0 Å². The number of ether oxygens (including phenoxy) is 1. The summed E-state index contributed by atoms with van der Waals surface area (Å²) >= 11 is 1.31. The van der Waals surface area contributed by atoms with E-state index >= 15 is 0 Å². The minimum atomic E-state index is -3.73. The smallest absolute Gasteiger partial charge is 0.267 e. The number of benzene rings is 1. The second-order valence-electron chi connectivity index (χ2n) is 4.85. The molecule has 0 unspecified atom stereocenters. The molecule has 1 N–H and O–H groups in total. The molecule has 2 aromatic rings. The molecule has 0 saturated carbocycles. The minimum absolute atomic E-state index is 0.124. The Morgan fingerprint density at radius 2 is 1.76 bits per heavy atom. The van der Waals surface area contributed by atoms with Gasteiger partial charge in [-0.3, -0.25) is 4.72 Å². The lowest BCUT2D eigenvalue weighted by atomic mass is 10.1. The maximum Gasteiger partial charge on any atom is 0.267 e. The summed E-state index contributed by atoms with van der Waals surface area (Å²) in [5.74, 6) is 0.329. The molecule has 5 nitrogen and oxygen atoms in total. The molecule has 0 amide bonds. The predicted octanol–water partition coefficient (Wildman–Crippen LogP) is 3.19. The summed E-state index contributed by atoms with van der Waals surface area (Å²) in [5, 5.41) is 0.366. The molecular weight excluding hydrogens is 308 g/mol. The van der Waals surface area contributed by atoms with E-state index in [4.69, 9.17) is 4.74 Å². The number of thiazole rings is 1. The summed E-state index contributed by atoms with van der Waals surface area (Å²) in [5.41, 5.74) is 2.69. The third kappa shape index (κ3) is 3.19. The largest absolute Gasteiger partial charge is 0.495 e. The van der Waals surface area contributed by atoms with Gasteiger partial charge in [-0.25, -0.2) is 13.4 Å². The summed E-state index contributed by atoms with van der Waals surface area (Å²) in [4.78, 5) is 5.31. The lowest BCUT2D eigenvalue weighted by Crippen LogP contribution is -2.14. The van der Waals surface area contributed by atoms with E-state index in [1.807, 2.05) is 27.7 Å². The van der Waals surface area contributed by atoms with E-state index in [9.17, 15) is 8.42 Å². The summed E-state index contributed by atoms with van der Waals surface area (Å²) in [6.07, 6.45) is 0. The number of methoxy groups -OCH3 is 1. The molecule has 0 bridgehead atoms. The van der Waals surface area contributed by atoms with Crippen LogP contribution in [0.1, 0.15) is 21.7 Å². The first kappa shape index (κ1) is 15.8. The second kappa shape index (κ2) is 5.65. The van der Waals surface area contributed by atoms with E-state index in [1.165, 1.54) is 18.4 Å². The van der Waals surface area contributed by atoms with Crippen molar-refractivity contribution in [2.45, 2.75) is 32.6 Å². The van der Waals surface area contributed by atoms with Crippen molar-refractivity contribution in [3.63, 3.8) is 0 Å². The molecule has 0 aliphatic heterocycles. The third-order valence-corrected chi connectivity index (χ3v) is 5.80. The van der Waals surface area contributed by atoms with Gasteiger partial charge in [-0.15, -0.1) is 11.3 Å². The van der Waals surface area contributed by atoms with Crippen molar-refractivity contribution < 1.29 is 13.2 Å². The maximum atomic E-state index is 12.5. The molecule has 0 saturated heterocycles. The van der Waals surface area contributed by atoms with E-state index in [-0.39, 0.29) is 4.90 Å². The summed E-state index contributed by atoms with van der Waals surface area (Å²) in [6.45, 7) is 7.53. The highest BCUT2D eigenvalue weighted by atomic mass is 32.2. The van der Waals surface area contributed by atoms with Gasteiger partial charge in [0.05, 0.1) is 12.8 Å². The van der Waals surface area contributed by atoms with Gasteiger partial charge in [0, 0.05) is 4.88 Å². The molecule has 0 atom stereocenters. The molecule has 2 rings (SSSR count). The van der Waals surface area contributed by atoms with Crippen LogP contribution >= 0.6 is 11.3 Å². The fourth-order valence-electron chi connectivity index (χ4n) is 1.82. The van der Waals surface area contributed by atoms with E-state index in [2.05, 4.69) is 9.71 Å². The third-order valence-electron chi connectivity index (χ3n) is 3.32. The molecule has 21 heavy (non-hydrogen) atoms. The second-order valence-corrected chi connectivity index (χ2v) is 7.71. The van der Waals surface area contributed by atoms with E-state index in [0.717, 1.165) is 21.7 Å². The molecule has 1 aromatic heterocycles. The van der Waals surface area contributed by atoms with Crippen molar-refractivity contribution in [2.75, 3.05) is 11.8 Å². The van der Waals surface area contributed by atoms with Crippen LogP contribution < -0.4 is 9.46 Å². The topological polar surface area (TPSA) is 68.3 Å². The zero-order chi connectivity index (χ0) is 15.8. The normalized spacial score (nSPS) is 11.5. The molecule has 0 fully saturated rings. The number of aryl methyl sites for hydroxylation is 4. The highest BCUT2D eigenvalue weighted by Gasteiger charge is 2.22. The Balaban J connectivity index is 2.46. The number of nitrogens with one attached hydrogen (secondary N) is 1. The Morgan fingerprint density at radius 3 is 2.29 bits per heavy atom. The predicted molar refractivity (Wildman–Crippen MR) is 84.9 cm³/mol. The molecule has 1 heterocycles. The number of aromatic nitrogens is 1. The molecule has 0 spiro atoms. The highest BCUT2D eigenvalue weighted by Crippen LogP contribution is 2.30. The average molecular weight is 326 g/mol. The van der Waals surface area contributed by atoms with Gasteiger partial charge in [-0.2, -0.15) is 0 Å². The van der Waals surface area contributed by atoms with Gasteiger partial charge < -0.3 is 4.74 Å². The van der Waals surface area contributed by atoms with Crippen molar-refractivity contribution in [1.82, 2.24) is 4.98 Å². The van der Waals surface area contributed by atoms with Crippen LogP contribution in [0.2, 0.25) is 0 Å². The quantitative estimate of drug-likeness (QED) is 0.937. The maximum absolute atomic E-state index is 12.5. The monoisotopic (exact) mass is 326 g/mol. The van der Waals surface area contributed by atoms with Crippen molar-refractivity contribution in [1.29, 1.82) is 0 Å². The first-order chi connectivity index (χ1) is 9.74. The lowest BCUT2D eigenvalue weighted by molar-refractivity contribution is 0.402. The number of hydrogen-bond acceptors (Lipinski definition) is 5. The molecule has 114 valence electrons. The molecule has 0 radical (unpaired) electrons. The van der Waals surface area contributed by atoms with Gasteiger partial charge in [0.15, 0.2) is 5.13 Å². The van der Waals surface area contributed by atoms with Crippen LogP contribution in [0.4, 0.5) is 5.13 Å². The van der Waals surface area contributed by atoms with E-state index in [1.54, 1.807) is 12.1 Å². The van der Waals surface area contributed by atoms with E-state index in [0.29, 0.717) is 10.9 Å². The van der Waals surface area contributed by atoms with Crippen LogP contribution in [0.5, 0.6) is 5.75 Å². The Labute approximate surface area is 129 Å². The number of rotatable bonds is 4. The summed E-state index contributed by atoms with van der Waals surface area (Å²) < 4.78 is 32.8. The van der Waals surface area contributed by atoms with Crippen LogP contribution in [0.3, 0.4) is 0 Å². The Bertz CT molecular complexity index is 760. The van der Waals surface area contributed by atoms with E-state index < -0.39 is 10.0 Å². The van der Waals surface area contributed by atoms with Crippen LogP contribution in [-0.2, 0) is 10.0 Å². The van der Waals surface area contributed by atoms with Crippen LogP contribution in [0.25, 0.3) is 0 Å². The van der Waals surface area contributed by atoms with Gasteiger partial charge in [0.2, 0.25) is 0 Å². The number of sulfonamides is 1. The highest BCUT2D eigenvalue weighted by molar-refractivity contribution is 7.93. The zero-order valence-corrected chi connectivity index (χ0v) is 14.3. The van der Waals surface area contributed by atoms with Gasteiger partial charge in [0.1, 0.15) is 10.6 Å². The zero-order valence-electron chi connectivity index (χ0n) is 12.6. The number of nitrogens with zero attached hydrogens (tertiary/aromatic N) is 1. The summed E-state index contributed by atoms with van der Waals surface area (Å²) in [7, 11) is -2.27. The standard InChI is InChI=1S/C14H18N2O3S2/c1-8-6-12(19-5)13(7-9(8)2)21(17,18)16-14-15-10(3)11(4)20-14/h6-7H,1-5H3,(H,15,16). The number of hydrogen-bond donors (Lipinski definition) is 1. The van der Waals surface area contributed by atoms with Crippen molar-refractivity contribution >= 4 is 26.5 Å². The van der Waals surface area contributed by atoms with Crippen LogP contribution in [0, 0.1) is 27.7 Å². The first-order valence-corrected chi connectivity index (χ1v) is 8.66. The fourth-order valence-corrected chi connectivity index (χ4v) is 4.11. The van der Waals surface area contributed by atoms with Gasteiger partial charge >= 0.3 is 0 Å². The Hall–Kier alpha value is -1.60. The molecule has 0 aliphatic carbocycles. The minimum Gasteiger partial charge on any atom is -0.495 e. The first-order valence-electron chi connectivity index (χ1n) is 6.36. The van der Waals surface area contributed by atoms with Crippen molar-refractivity contribution in [2.24, 2.45) is 0 Å².